The van der Waals surface area contributed by atoms with Crippen LogP contribution in [0.4, 0.5) is 0 Å². The van der Waals surface area contributed by atoms with Crippen molar-refractivity contribution in [2.24, 2.45) is 0 Å². The summed E-state index contributed by atoms with van der Waals surface area (Å²) in [5, 5.41) is 1.01. The van der Waals surface area contributed by atoms with E-state index < -0.39 is 0 Å². The van der Waals surface area contributed by atoms with Gasteiger partial charge in [0.1, 0.15) is 5.94 Å². The number of carbonyl (C=O) groups is 1. The number of aromatic nitrogens is 1. The molecule has 0 bridgehead atoms. The van der Waals surface area contributed by atoms with E-state index in [0.29, 0.717) is 10.0 Å². The Morgan fingerprint density at radius 2 is 2.10 bits per heavy atom. The lowest BCUT2D eigenvalue weighted by Gasteiger charge is -2.09. The number of esters is 1. The summed E-state index contributed by atoms with van der Waals surface area (Å²) in [5.41, 5.74) is 1.91. The summed E-state index contributed by atoms with van der Waals surface area (Å²) in [5.74, 6) is -0.0625. The lowest BCUT2D eigenvalue weighted by molar-refractivity contribution is -0.138. The molecule has 104 valence electrons. The fourth-order valence-electron chi connectivity index (χ4n) is 1.57. The van der Waals surface area contributed by atoms with E-state index in [4.69, 9.17) is 27.9 Å². The first-order chi connectivity index (χ1) is 9.58. The summed E-state index contributed by atoms with van der Waals surface area (Å²) < 4.78 is 4.93. The van der Waals surface area contributed by atoms with Crippen LogP contribution in [0.25, 0.3) is 11.1 Å². The highest BCUT2D eigenvalue weighted by molar-refractivity contribution is 7.99. The van der Waals surface area contributed by atoms with Gasteiger partial charge in [0.05, 0.1) is 10.0 Å². The number of carbonyl (C=O) groups excluding carboxylic acids is 1. The topological polar surface area (TPSA) is 39.2 Å². The molecule has 0 atom stereocenters. The van der Waals surface area contributed by atoms with Crippen molar-refractivity contribution in [3.05, 3.63) is 46.7 Å². The SMILES string of the molecule is CC(=O)OCSc1cnccc1-c1ccc(Cl)c(Cl)c1. The molecule has 3 nitrogen and oxygen atoms in total. The molecule has 1 heterocycles. The lowest BCUT2D eigenvalue weighted by Crippen LogP contribution is -1.97. The number of nitrogens with zero attached hydrogens (tertiary/aromatic N) is 1. The van der Waals surface area contributed by atoms with E-state index in [1.165, 1.54) is 18.7 Å². The zero-order valence-electron chi connectivity index (χ0n) is 10.6. The molecule has 20 heavy (non-hydrogen) atoms. The van der Waals surface area contributed by atoms with Crippen molar-refractivity contribution in [1.29, 1.82) is 0 Å². The maximum Gasteiger partial charge on any atom is 0.303 e. The second kappa shape index (κ2) is 6.97. The molecular formula is C14H11Cl2NO2S. The summed E-state index contributed by atoms with van der Waals surface area (Å²) in [7, 11) is 0. The largest absolute Gasteiger partial charge is 0.454 e. The molecule has 2 aromatic rings. The first-order valence-electron chi connectivity index (χ1n) is 5.73. The highest BCUT2D eigenvalue weighted by Crippen LogP contribution is 2.34. The van der Waals surface area contributed by atoms with Gasteiger partial charge in [-0.15, -0.1) is 0 Å². The van der Waals surface area contributed by atoms with Crippen LogP contribution in [0.15, 0.2) is 41.6 Å². The Morgan fingerprint density at radius 3 is 2.80 bits per heavy atom. The zero-order valence-corrected chi connectivity index (χ0v) is 12.9. The van der Waals surface area contributed by atoms with E-state index >= 15 is 0 Å². The van der Waals surface area contributed by atoms with Crippen LogP contribution >= 0.6 is 35.0 Å². The summed E-state index contributed by atoms with van der Waals surface area (Å²) in [4.78, 5) is 15.8. The molecule has 2 rings (SSSR count). The van der Waals surface area contributed by atoms with Crippen molar-refractivity contribution in [3.63, 3.8) is 0 Å². The van der Waals surface area contributed by atoms with E-state index in [1.54, 1.807) is 24.5 Å². The number of hydrogen-bond acceptors (Lipinski definition) is 4. The fourth-order valence-corrected chi connectivity index (χ4v) is 2.70. The van der Waals surface area contributed by atoms with Crippen LogP contribution in [0.2, 0.25) is 10.0 Å². The standard InChI is InChI=1S/C14H11Cl2NO2S/c1-9(18)19-8-20-14-7-17-5-4-11(14)10-2-3-12(15)13(16)6-10/h2-7H,8H2,1H3. The minimum atomic E-state index is -0.308. The van der Waals surface area contributed by atoms with Gasteiger partial charge in [-0.3, -0.25) is 9.78 Å². The highest BCUT2D eigenvalue weighted by atomic mass is 35.5. The monoisotopic (exact) mass is 327 g/mol. The summed E-state index contributed by atoms with van der Waals surface area (Å²) in [6.45, 7) is 1.38. The molecule has 1 aromatic carbocycles. The number of pyridine rings is 1. The second-order valence-corrected chi connectivity index (χ2v) is 5.68. The lowest BCUT2D eigenvalue weighted by atomic mass is 10.1. The molecule has 6 heteroatoms. The summed E-state index contributed by atoms with van der Waals surface area (Å²) >= 11 is 13.4. The van der Waals surface area contributed by atoms with E-state index in [1.807, 2.05) is 12.1 Å². The normalized spacial score (nSPS) is 10.3. The van der Waals surface area contributed by atoms with E-state index in [2.05, 4.69) is 4.98 Å². The maximum absolute atomic E-state index is 10.8. The average Bonchev–Trinajstić information content (AvgIpc) is 2.42. The molecule has 0 aliphatic rings. The Hall–Kier alpha value is -1.23. The smallest absolute Gasteiger partial charge is 0.303 e. The Morgan fingerprint density at radius 1 is 1.30 bits per heavy atom. The first kappa shape index (κ1) is 15.2. The molecule has 0 spiro atoms. The van der Waals surface area contributed by atoms with Crippen molar-refractivity contribution in [1.82, 2.24) is 4.98 Å². The van der Waals surface area contributed by atoms with Crippen molar-refractivity contribution in [3.8, 4) is 11.1 Å². The van der Waals surface area contributed by atoms with E-state index in [9.17, 15) is 4.79 Å². The van der Waals surface area contributed by atoms with Crippen LogP contribution in [0.3, 0.4) is 0 Å². The van der Waals surface area contributed by atoms with Gasteiger partial charge in [-0.2, -0.15) is 0 Å². The minimum Gasteiger partial charge on any atom is -0.454 e. The van der Waals surface area contributed by atoms with Crippen molar-refractivity contribution in [2.75, 3.05) is 5.94 Å². The van der Waals surface area contributed by atoms with E-state index in [-0.39, 0.29) is 11.9 Å². The van der Waals surface area contributed by atoms with Crippen molar-refractivity contribution in [2.45, 2.75) is 11.8 Å². The molecule has 0 aliphatic carbocycles. The Kier molecular flexibility index (Phi) is 5.29. The third kappa shape index (κ3) is 3.88. The fraction of sp³-hybridized carbons (Fsp3) is 0.143. The number of thioether (sulfide) groups is 1. The third-order valence-electron chi connectivity index (χ3n) is 2.49. The Labute approximate surface area is 131 Å². The highest BCUT2D eigenvalue weighted by Gasteiger charge is 2.08. The average molecular weight is 328 g/mol. The molecule has 0 saturated heterocycles. The van der Waals surface area contributed by atoms with Gasteiger partial charge in [0.25, 0.3) is 0 Å². The molecular weight excluding hydrogens is 317 g/mol. The van der Waals surface area contributed by atoms with Crippen LogP contribution in [0.5, 0.6) is 0 Å². The maximum atomic E-state index is 10.8. The van der Waals surface area contributed by atoms with Gasteiger partial charge in [0.15, 0.2) is 0 Å². The van der Waals surface area contributed by atoms with Gasteiger partial charge in [0.2, 0.25) is 0 Å². The van der Waals surface area contributed by atoms with Gasteiger partial charge < -0.3 is 4.74 Å². The Balaban J connectivity index is 2.26. The molecule has 0 amide bonds. The summed E-state index contributed by atoms with van der Waals surface area (Å²) in [6.07, 6.45) is 3.43. The predicted octanol–water partition coefficient (Wildman–Crippen LogP) is 4.67. The molecule has 0 aliphatic heterocycles. The predicted molar refractivity (Wildman–Crippen MR) is 82.2 cm³/mol. The number of ether oxygens (including phenoxy) is 1. The number of rotatable bonds is 4. The van der Waals surface area contributed by atoms with Crippen LogP contribution in [0, 0.1) is 0 Å². The Bertz CT molecular complexity index is 634. The third-order valence-corrected chi connectivity index (χ3v) is 4.10. The number of hydrogen-bond donors (Lipinski definition) is 0. The van der Waals surface area contributed by atoms with Gasteiger partial charge in [-0.25, -0.2) is 0 Å². The van der Waals surface area contributed by atoms with Crippen LogP contribution in [-0.4, -0.2) is 16.9 Å². The molecule has 0 saturated carbocycles. The molecule has 1 aromatic heterocycles. The van der Waals surface area contributed by atoms with Crippen molar-refractivity contribution < 1.29 is 9.53 Å². The number of benzene rings is 1. The second-order valence-electron chi connectivity index (χ2n) is 3.90. The van der Waals surface area contributed by atoms with Crippen LogP contribution in [0.1, 0.15) is 6.92 Å². The van der Waals surface area contributed by atoms with Gasteiger partial charge in [0, 0.05) is 24.2 Å². The van der Waals surface area contributed by atoms with E-state index in [0.717, 1.165) is 16.0 Å². The van der Waals surface area contributed by atoms with Crippen LogP contribution < -0.4 is 0 Å². The molecule has 0 fully saturated rings. The van der Waals surface area contributed by atoms with Gasteiger partial charge in [-0.1, -0.05) is 41.0 Å². The quantitative estimate of drug-likeness (QED) is 0.464. The molecule has 0 radical (unpaired) electrons. The van der Waals surface area contributed by atoms with Crippen molar-refractivity contribution >= 4 is 40.9 Å². The molecule has 0 unspecified atom stereocenters. The number of halogens is 2. The van der Waals surface area contributed by atoms with Crippen LogP contribution in [-0.2, 0) is 9.53 Å². The first-order valence-corrected chi connectivity index (χ1v) is 7.47. The summed E-state index contributed by atoms with van der Waals surface area (Å²) in [6, 6.07) is 7.32. The molecule has 0 N–H and O–H groups in total. The zero-order chi connectivity index (χ0) is 14.5. The minimum absolute atomic E-state index is 0.245. The van der Waals surface area contributed by atoms with Gasteiger partial charge in [-0.05, 0) is 29.3 Å². The van der Waals surface area contributed by atoms with Gasteiger partial charge >= 0.3 is 5.97 Å².